The van der Waals surface area contributed by atoms with Crippen molar-refractivity contribution in [3.8, 4) is 5.75 Å². The molecule has 4 nitrogen and oxygen atoms in total. The second kappa shape index (κ2) is 7.24. The quantitative estimate of drug-likeness (QED) is 0.455. The van der Waals surface area contributed by atoms with Crippen LogP contribution in [-0.2, 0) is 0 Å². The zero-order valence-corrected chi connectivity index (χ0v) is 12.5. The van der Waals surface area contributed by atoms with E-state index in [0.29, 0.717) is 22.4 Å². The van der Waals surface area contributed by atoms with Gasteiger partial charge < -0.3 is 10.4 Å². The van der Waals surface area contributed by atoms with Crippen LogP contribution in [0.25, 0.3) is 0 Å². The Morgan fingerprint density at radius 3 is 2.65 bits per heavy atom. The van der Waals surface area contributed by atoms with Crippen LogP contribution >= 0.6 is 12.2 Å². The number of hydrazone groups is 1. The Kier molecular flexibility index (Phi) is 5.35. The van der Waals surface area contributed by atoms with Gasteiger partial charge in [0.15, 0.2) is 5.11 Å². The first-order chi connectivity index (χ1) is 9.66. The van der Waals surface area contributed by atoms with Crippen molar-refractivity contribution in [2.75, 3.05) is 0 Å². The van der Waals surface area contributed by atoms with Gasteiger partial charge in [0, 0.05) is 11.6 Å². The van der Waals surface area contributed by atoms with Crippen LogP contribution in [0, 0.1) is 0 Å². The number of rotatable bonds is 3. The first kappa shape index (κ1) is 14.8. The molecule has 0 aliphatic heterocycles. The number of phenolic OH excluding ortho intramolecular Hbond substituents is 1. The summed E-state index contributed by atoms with van der Waals surface area (Å²) in [6, 6.07) is 7.59. The fourth-order valence-corrected chi connectivity index (χ4v) is 2.65. The zero-order valence-electron chi connectivity index (χ0n) is 11.7. The topological polar surface area (TPSA) is 56.7 Å². The Balaban J connectivity index is 1.88. The molecule has 0 unspecified atom stereocenters. The third-order valence-electron chi connectivity index (χ3n) is 3.56. The predicted octanol–water partition coefficient (Wildman–Crippen LogP) is 2.91. The van der Waals surface area contributed by atoms with Gasteiger partial charge in [-0.1, -0.05) is 31.4 Å². The lowest BCUT2D eigenvalue weighted by Crippen LogP contribution is -2.41. The number of hydrogen-bond donors (Lipinski definition) is 3. The Hall–Kier alpha value is -1.62. The minimum atomic E-state index is 0.224. The number of phenols is 1. The summed E-state index contributed by atoms with van der Waals surface area (Å²) in [4.78, 5) is 0. The van der Waals surface area contributed by atoms with Gasteiger partial charge in [0.25, 0.3) is 0 Å². The van der Waals surface area contributed by atoms with E-state index in [-0.39, 0.29) is 5.75 Å². The molecule has 1 aliphatic carbocycles. The Bertz CT molecular complexity index is 496. The van der Waals surface area contributed by atoms with E-state index in [0.717, 1.165) is 0 Å². The minimum absolute atomic E-state index is 0.224. The minimum Gasteiger partial charge on any atom is -0.507 e. The largest absolute Gasteiger partial charge is 0.507 e. The van der Waals surface area contributed by atoms with Crippen LogP contribution < -0.4 is 10.7 Å². The molecule has 3 N–H and O–H groups in total. The van der Waals surface area contributed by atoms with Crippen molar-refractivity contribution in [3.63, 3.8) is 0 Å². The highest BCUT2D eigenvalue weighted by Crippen LogP contribution is 2.17. The van der Waals surface area contributed by atoms with E-state index in [9.17, 15) is 5.11 Å². The van der Waals surface area contributed by atoms with E-state index in [1.165, 1.54) is 32.1 Å². The van der Waals surface area contributed by atoms with Crippen LogP contribution in [0.5, 0.6) is 5.75 Å². The van der Waals surface area contributed by atoms with E-state index in [1.54, 1.807) is 12.1 Å². The monoisotopic (exact) mass is 291 g/mol. The molecule has 0 amide bonds. The summed E-state index contributed by atoms with van der Waals surface area (Å²) in [6.07, 6.45) is 6.19. The number of nitrogens with one attached hydrogen (secondary N) is 2. The third-order valence-corrected chi connectivity index (χ3v) is 3.77. The van der Waals surface area contributed by atoms with E-state index in [2.05, 4.69) is 15.8 Å². The molecule has 0 heterocycles. The lowest BCUT2D eigenvalue weighted by molar-refractivity contribution is 0.412. The Labute approximate surface area is 125 Å². The van der Waals surface area contributed by atoms with Gasteiger partial charge in [0.05, 0.1) is 5.71 Å². The molecule has 20 heavy (non-hydrogen) atoms. The Morgan fingerprint density at radius 1 is 1.25 bits per heavy atom. The molecule has 5 heteroatoms. The van der Waals surface area contributed by atoms with Crippen molar-refractivity contribution >= 4 is 23.0 Å². The first-order valence-electron chi connectivity index (χ1n) is 7.06. The molecule has 0 saturated heterocycles. The van der Waals surface area contributed by atoms with Gasteiger partial charge >= 0.3 is 0 Å². The van der Waals surface area contributed by atoms with Crippen LogP contribution in [-0.4, -0.2) is 22.0 Å². The number of thiocarbonyl (C=S) groups is 1. The average Bonchev–Trinajstić information content (AvgIpc) is 2.46. The molecule has 1 fully saturated rings. The van der Waals surface area contributed by atoms with Gasteiger partial charge in [-0.05, 0) is 44.1 Å². The summed E-state index contributed by atoms with van der Waals surface area (Å²) in [6.45, 7) is 1.84. The van der Waals surface area contributed by atoms with E-state index >= 15 is 0 Å². The SMILES string of the molecule is C/C(=N\NC(=S)NC1CCCCC1)c1ccccc1O. The molecule has 1 saturated carbocycles. The average molecular weight is 291 g/mol. The molecular weight excluding hydrogens is 270 g/mol. The molecule has 1 aliphatic rings. The molecule has 1 aromatic rings. The normalized spacial score (nSPS) is 16.8. The molecule has 1 aromatic carbocycles. The number of aromatic hydroxyl groups is 1. The molecule has 0 aromatic heterocycles. The number of para-hydroxylation sites is 1. The maximum absolute atomic E-state index is 9.75. The van der Waals surface area contributed by atoms with Gasteiger partial charge in [-0.2, -0.15) is 5.10 Å². The van der Waals surface area contributed by atoms with E-state index < -0.39 is 0 Å². The fraction of sp³-hybridized carbons (Fsp3) is 0.467. The second-order valence-corrected chi connectivity index (χ2v) is 5.54. The molecular formula is C15H21N3OS. The fourth-order valence-electron chi connectivity index (χ4n) is 2.44. The summed E-state index contributed by atoms with van der Waals surface area (Å²) in [5.74, 6) is 0.224. The van der Waals surface area contributed by atoms with Crippen molar-refractivity contribution in [3.05, 3.63) is 29.8 Å². The summed E-state index contributed by atoms with van der Waals surface area (Å²) in [7, 11) is 0. The molecule has 2 rings (SSSR count). The second-order valence-electron chi connectivity index (χ2n) is 5.13. The predicted molar refractivity (Wildman–Crippen MR) is 86.1 cm³/mol. The van der Waals surface area contributed by atoms with Crippen LogP contribution in [0.15, 0.2) is 29.4 Å². The van der Waals surface area contributed by atoms with Gasteiger partial charge in [-0.15, -0.1) is 0 Å². The lowest BCUT2D eigenvalue weighted by atomic mass is 9.96. The Morgan fingerprint density at radius 2 is 1.95 bits per heavy atom. The maximum Gasteiger partial charge on any atom is 0.187 e. The van der Waals surface area contributed by atoms with Crippen LogP contribution in [0.4, 0.5) is 0 Å². The van der Waals surface area contributed by atoms with E-state index in [1.807, 2.05) is 19.1 Å². The standard InChI is InChI=1S/C15H21N3OS/c1-11(13-9-5-6-10-14(13)19)17-18-15(20)16-12-7-3-2-4-8-12/h5-6,9-10,12,19H,2-4,7-8H2,1H3,(H2,16,18,20)/b17-11+. The number of hydrogen-bond acceptors (Lipinski definition) is 3. The number of nitrogens with zero attached hydrogens (tertiary/aromatic N) is 1. The van der Waals surface area contributed by atoms with Gasteiger partial charge in [0.2, 0.25) is 0 Å². The lowest BCUT2D eigenvalue weighted by Gasteiger charge is -2.23. The molecule has 108 valence electrons. The molecule has 0 spiro atoms. The van der Waals surface area contributed by atoms with Crippen molar-refractivity contribution in [2.45, 2.75) is 45.1 Å². The summed E-state index contributed by atoms with van der Waals surface area (Å²) >= 11 is 5.24. The smallest absolute Gasteiger partial charge is 0.187 e. The third kappa shape index (κ3) is 4.20. The zero-order chi connectivity index (χ0) is 14.4. The number of benzene rings is 1. The summed E-state index contributed by atoms with van der Waals surface area (Å²) < 4.78 is 0. The van der Waals surface area contributed by atoms with Crippen LogP contribution in [0.2, 0.25) is 0 Å². The highest BCUT2D eigenvalue weighted by Gasteiger charge is 2.13. The molecule has 0 atom stereocenters. The highest BCUT2D eigenvalue weighted by atomic mass is 32.1. The van der Waals surface area contributed by atoms with Gasteiger partial charge in [0.1, 0.15) is 5.75 Å². The highest BCUT2D eigenvalue weighted by molar-refractivity contribution is 7.80. The van der Waals surface area contributed by atoms with Crippen molar-refractivity contribution in [1.82, 2.24) is 10.7 Å². The summed E-state index contributed by atoms with van der Waals surface area (Å²) in [5.41, 5.74) is 4.27. The molecule has 0 bridgehead atoms. The van der Waals surface area contributed by atoms with Crippen molar-refractivity contribution in [2.24, 2.45) is 5.10 Å². The summed E-state index contributed by atoms with van der Waals surface area (Å²) in [5, 5.41) is 17.8. The van der Waals surface area contributed by atoms with Gasteiger partial charge in [-0.3, -0.25) is 5.43 Å². The maximum atomic E-state index is 9.75. The molecule has 0 radical (unpaired) electrons. The first-order valence-corrected chi connectivity index (χ1v) is 7.47. The van der Waals surface area contributed by atoms with Crippen molar-refractivity contribution < 1.29 is 5.11 Å². The van der Waals surface area contributed by atoms with E-state index in [4.69, 9.17) is 12.2 Å². The van der Waals surface area contributed by atoms with Crippen LogP contribution in [0.1, 0.15) is 44.6 Å². The van der Waals surface area contributed by atoms with Crippen molar-refractivity contribution in [1.29, 1.82) is 0 Å². The van der Waals surface area contributed by atoms with Crippen LogP contribution in [0.3, 0.4) is 0 Å². The van der Waals surface area contributed by atoms with Gasteiger partial charge in [-0.25, -0.2) is 0 Å².